The van der Waals surface area contributed by atoms with Crippen molar-refractivity contribution in [3.8, 4) is 0 Å². The third kappa shape index (κ3) is 3.93. The standard InChI is InChI=1S/C16H19ClN4/c17-15-6-7-16(20-19-15)21-10-8-14(9-11-21)18-12-13-4-2-1-3-5-13/h1-7,14,18H,8-12H2. The summed E-state index contributed by atoms with van der Waals surface area (Å²) in [5.74, 6) is 0.918. The van der Waals surface area contributed by atoms with E-state index in [1.165, 1.54) is 5.56 Å². The van der Waals surface area contributed by atoms with Crippen molar-refractivity contribution in [3.63, 3.8) is 0 Å². The first kappa shape index (κ1) is 14.3. The quantitative estimate of drug-likeness (QED) is 0.943. The number of nitrogens with zero attached hydrogens (tertiary/aromatic N) is 3. The van der Waals surface area contributed by atoms with Crippen LogP contribution in [0.5, 0.6) is 0 Å². The molecule has 0 spiro atoms. The van der Waals surface area contributed by atoms with Gasteiger partial charge in [-0.3, -0.25) is 0 Å². The highest BCUT2D eigenvalue weighted by molar-refractivity contribution is 6.29. The summed E-state index contributed by atoms with van der Waals surface area (Å²) in [6, 6.07) is 14.8. The van der Waals surface area contributed by atoms with Crippen LogP contribution in [0.4, 0.5) is 5.82 Å². The van der Waals surface area contributed by atoms with E-state index in [9.17, 15) is 0 Å². The van der Waals surface area contributed by atoms with Crippen molar-refractivity contribution in [2.45, 2.75) is 25.4 Å². The van der Waals surface area contributed by atoms with Gasteiger partial charge in [-0.2, -0.15) is 0 Å². The molecule has 1 saturated heterocycles. The van der Waals surface area contributed by atoms with Crippen LogP contribution >= 0.6 is 11.6 Å². The lowest BCUT2D eigenvalue weighted by Crippen LogP contribution is -2.42. The first-order valence-electron chi connectivity index (χ1n) is 7.33. The fraction of sp³-hybridized carbons (Fsp3) is 0.375. The normalized spacial score (nSPS) is 16.1. The number of aromatic nitrogens is 2. The molecule has 0 aliphatic carbocycles. The maximum Gasteiger partial charge on any atom is 0.151 e. The zero-order valence-corrected chi connectivity index (χ0v) is 12.6. The van der Waals surface area contributed by atoms with Crippen LogP contribution in [0, 0.1) is 0 Å². The summed E-state index contributed by atoms with van der Waals surface area (Å²) >= 11 is 5.77. The van der Waals surface area contributed by atoms with Crippen molar-refractivity contribution in [1.29, 1.82) is 0 Å². The Balaban J connectivity index is 1.48. The average Bonchev–Trinajstić information content (AvgIpc) is 2.55. The maximum absolute atomic E-state index is 5.77. The highest BCUT2D eigenvalue weighted by Gasteiger charge is 2.19. The van der Waals surface area contributed by atoms with Gasteiger partial charge in [0.05, 0.1) is 0 Å². The van der Waals surface area contributed by atoms with E-state index in [1.807, 2.05) is 6.07 Å². The van der Waals surface area contributed by atoms with Crippen LogP contribution in [0.1, 0.15) is 18.4 Å². The molecular formula is C16H19ClN4. The van der Waals surface area contributed by atoms with E-state index < -0.39 is 0 Å². The monoisotopic (exact) mass is 302 g/mol. The Hall–Kier alpha value is -1.65. The maximum atomic E-state index is 5.77. The van der Waals surface area contributed by atoms with Gasteiger partial charge in [-0.1, -0.05) is 41.9 Å². The van der Waals surface area contributed by atoms with Crippen LogP contribution in [0.3, 0.4) is 0 Å². The van der Waals surface area contributed by atoms with Gasteiger partial charge < -0.3 is 10.2 Å². The molecule has 0 atom stereocenters. The van der Waals surface area contributed by atoms with Crippen LogP contribution in [0.25, 0.3) is 0 Å². The third-order valence-electron chi connectivity index (χ3n) is 3.87. The fourth-order valence-electron chi connectivity index (χ4n) is 2.65. The Morgan fingerprint density at radius 1 is 1.05 bits per heavy atom. The van der Waals surface area contributed by atoms with Crippen LogP contribution in [-0.2, 0) is 6.54 Å². The molecule has 1 aromatic heterocycles. The minimum atomic E-state index is 0.443. The molecule has 21 heavy (non-hydrogen) atoms. The van der Waals surface area contributed by atoms with E-state index in [-0.39, 0.29) is 0 Å². The van der Waals surface area contributed by atoms with Crippen molar-refractivity contribution in [1.82, 2.24) is 15.5 Å². The first-order valence-corrected chi connectivity index (χ1v) is 7.70. The van der Waals surface area contributed by atoms with Crippen molar-refractivity contribution >= 4 is 17.4 Å². The zero-order valence-electron chi connectivity index (χ0n) is 11.9. The summed E-state index contributed by atoms with van der Waals surface area (Å²) in [6.07, 6.45) is 2.24. The first-order chi connectivity index (χ1) is 10.3. The van der Waals surface area contributed by atoms with Gasteiger partial charge in [0.25, 0.3) is 0 Å². The van der Waals surface area contributed by atoms with Crippen LogP contribution < -0.4 is 10.2 Å². The zero-order chi connectivity index (χ0) is 14.5. The molecule has 1 aliphatic heterocycles. The van der Waals surface area contributed by atoms with Crippen LogP contribution in [0.15, 0.2) is 42.5 Å². The largest absolute Gasteiger partial charge is 0.355 e. The van der Waals surface area contributed by atoms with Crippen LogP contribution in [-0.4, -0.2) is 29.3 Å². The lowest BCUT2D eigenvalue weighted by Gasteiger charge is -2.33. The van der Waals surface area contributed by atoms with Gasteiger partial charge in [0, 0.05) is 25.7 Å². The third-order valence-corrected chi connectivity index (χ3v) is 4.08. The molecule has 0 unspecified atom stereocenters. The second kappa shape index (κ2) is 6.87. The van der Waals surface area contributed by atoms with E-state index >= 15 is 0 Å². The number of rotatable bonds is 4. The fourth-order valence-corrected chi connectivity index (χ4v) is 2.75. The smallest absolute Gasteiger partial charge is 0.151 e. The summed E-state index contributed by atoms with van der Waals surface area (Å²) in [5, 5.41) is 12.1. The number of hydrogen-bond donors (Lipinski definition) is 1. The molecule has 110 valence electrons. The van der Waals surface area contributed by atoms with E-state index in [2.05, 4.69) is 50.7 Å². The second-order valence-electron chi connectivity index (χ2n) is 5.34. The Labute approximate surface area is 130 Å². The summed E-state index contributed by atoms with van der Waals surface area (Å²) in [5.41, 5.74) is 1.34. The molecular weight excluding hydrogens is 284 g/mol. The van der Waals surface area contributed by atoms with E-state index in [4.69, 9.17) is 11.6 Å². The highest BCUT2D eigenvalue weighted by Crippen LogP contribution is 2.18. The van der Waals surface area contributed by atoms with Crippen molar-refractivity contribution in [3.05, 3.63) is 53.2 Å². The predicted molar refractivity (Wildman–Crippen MR) is 85.6 cm³/mol. The number of nitrogens with one attached hydrogen (secondary N) is 1. The Morgan fingerprint density at radius 2 is 1.81 bits per heavy atom. The predicted octanol–water partition coefficient (Wildman–Crippen LogP) is 2.89. The molecule has 0 saturated carbocycles. The Bertz CT molecular complexity index is 550. The molecule has 1 aromatic carbocycles. The van der Waals surface area contributed by atoms with Gasteiger partial charge in [-0.05, 0) is 30.5 Å². The van der Waals surface area contributed by atoms with Gasteiger partial charge in [0.1, 0.15) is 0 Å². The van der Waals surface area contributed by atoms with Gasteiger partial charge in [-0.15, -0.1) is 10.2 Å². The number of anilines is 1. The summed E-state index contributed by atoms with van der Waals surface area (Å²) in [4.78, 5) is 2.27. The molecule has 0 amide bonds. The topological polar surface area (TPSA) is 41.0 Å². The molecule has 4 nitrogen and oxygen atoms in total. The minimum absolute atomic E-state index is 0.443. The molecule has 2 aromatic rings. The molecule has 3 rings (SSSR count). The van der Waals surface area contributed by atoms with Crippen LogP contribution in [0.2, 0.25) is 5.15 Å². The molecule has 1 N–H and O–H groups in total. The number of piperidine rings is 1. The van der Waals surface area contributed by atoms with Crippen molar-refractivity contribution in [2.75, 3.05) is 18.0 Å². The van der Waals surface area contributed by atoms with Gasteiger partial charge in [-0.25, -0.2) is 0 Å². The molecule has 1 fully saturated rings. The summed E-state index contributed by atoms with van der Waals surface area (Å²) in [6.45, 7) is 2.94. The van der Waals surface area contributed by atoms with Crippen molar-refractivity contribution < 1.29 is 0 Å². The Morgan fingerprint density at radius 3 is 2.48 bits per heavy atom. The van der Waals surface area contributed by atoms with Gasteiger partial charge in [0.2, 0.25) is 0 Å². The minimum Gasteiger partial charge on any atom is -0.355 e. The number of halogens is 1. The molecule has 0 bridgehead atoms. The molecule has 2 heterocycles. The lowest BCUT2D eigenvalue weighted by molar-refractivity contribution is 0.412. The number of hydrogen-bond acceptors (Lipinski definition) is 4. The molecule has 1 aliphatic rings. The summed E-state index contributed by atoms with van der Waals surface area (Å²) in [7, 11) is 0. The Kier molecular flexibility index (Phi) is 4.68. The average molecular weight is 303 g/mol. The SMILES string of the molecule is Clc1ccc(N2CCC(NCc3ccccc3)CC2)nn1. The van der Waals surface area contributed by atoms with E-state index in [0.29, 0.717) is 11.2 Å². The number of benzene rings is 1. The van der Waals surface area contributed by atoms with E-state index in [1.54, 1.807) is 6.07 Å². The second-order valence-corrected chi connectivity index (χ2v) is 5.73. The van der Waals surface area contributed by atoms with Crippen molar-refractivity contribution in [2.24, 2.45) is 0 Å². The van der Waals surface area contributed by atoms with Gasteiger partial charge in [0.15, 0.2) is 11.0 Å². The van der Waals surface area contributed by atoms with E-state index in [0.717, 1.165) is 38.3 Å². The molecule has 0 radical (unpaired) electrons. The van der Waals surface area contributed by atoms with Gasteiger partial charge >= 0.3 is 0 Å². The lowest BCUT2D eigenvalue weighted by atomic mass is 10.0. The summed E-state index contributed by atoms with van der Waals surface area (Å²) < 4.78 is 0. The molecule has 5 heteroatoms. The highest BCUT2D eigenvalue weighted by atomic mass is 35.5.